The van der Waals surface area contributed by atoms with E-state index in [2.05, 4.69) is 41.0 Å². The van der Waals surface area contributed by atoms with Crippen molar-refractivity contribution in [3.05, 3.63) is 81.1 Å². The summed E-state index contributed by atoms with van der Waals surface area (Å²) in [6.45, 7) is 10.1. The summed E-state index contributed by atoms with van der Waals surface area (Å²) in [5.41, 5.74) is 20.6. The second kappa shape index (κ2) is 18.5. The maximum atomic E-state index is 15.1. The number of aryl methyl sites for hydroxylation is 1. The lowest BCUT2D eigenvalue weighted by Crippen LogP contribution is -2.25. The van der Waals surface area contributed by atoms with Crippen molar-refractivity contribution >= 4 is 28.5 Å². The summed E-state index contributed by atoms with van der Waals surface area (Å²) in [5, 5.41) is 4.33. The number of halogens is 2. The molecule has 0 bridgehead atoms. The number of nitrogens with one attached hydrogen (secondary N) is 2. The van der Waals surface area contributed by atoms with E-state index in [1.165, 1.54) is 11.0 Å². The quantitative estimate of drug-likeness (QED) is 0.0569. The molecule has 2 aromatic heterocycles. The van der Waals surface area contributed by atoms with Crippen LogP contribution >= 0.6 is 11.6 Å². The monoisotopic (exact) mass is 652 g/mol. The van der Waals surface area contributed by atoms with Crippen molar-refractivity contribution in [2.24, 2.45) is 22.2 Å². The van der Waals surface area contributed by atoms with Crippen molar-refractivity contribution in [3.63, 3.8) is 0 Å². The van der Waals surface area contributed by atoms with E-state index in [0.717, 1.165) is 56.2 Å². The summed E-state index contributed by atoms with van der Waals surface area (Å²) in [6, 6.07) is 13.4. The van der Waals surface area contributed by atoms with Crippen molar-refractivity contribution in [1.29, 1.82) is 0 Å². The number of fused-ring (bicyclic) bond motifs is 1. The van der Waals surface area contributed by atoms with Crippen LogP contribution in [0.3, 0.4) is 0 Å². The van der Waals surface area contributed by atoms with E-state index in [9.17, 15) is 4.79 Å². The summed E-state index contributed by atoms with van der Waals surface area (Å²) >= 11 is 6.25. The van der Waals surface area contributed by atoms with E-state index in [-0.39, 0.29) is 23.7 Å². The standard InChI is InChI=1S/C32H42ClFN8O.C3H8/c1-3-6-27(38-13-5-14-39-29(37)18-35)22-9-11-24(12-10-22)42-19-23-17-28(40-31(23)41-32(42)43)25-15-21(8-4-7-20(2)36)16-26(33)30(25)34;1-3-2/h9-12,15-17,19-20,27,38H,3-8,13-14,18,35-36H2,1-2H3,(H2,37,39)(H,40,41,43);3H2,1-2H3. The second-order valence-corrected chi connectivity index (χ2v) is 12.1. The second-order valence-electron chi connectivity index (χ2n) is 11.7. The first-order chi connectivity index (χ1) is 22.1. The summed E-state index contributed by atoms with van der Waals surface area (Å²) in [7, 11) is 0. The maximum absolute atomic E-state index is 15.1. The lowest BCUT2D eigenvalue weighted by atomic mass is 10.0. The number of hydrogen-bond donors (Lipinski definition) is 5. The normalized spacial score (nSPS) is 13.0. The Balaban J connectivity index is 0.00000185. The smallest absolute Gasteiger partial charge is 0.354 e. The van der Waals surface area contributed by atoms with Gasteiger partial charge in [0, 0.05) is 35.8 Å². The number of H-pyrrole nitrogens is 1. The molecule has 0 saturated carbocycles. The summed E-state index contributed by atoms with van der Waals surface area (Å²) in [4.78, 5) is 24.6. The molecule has 9 nitrogen and oxygen atoms in total. The van der Waals surface area contributed by atoms with Crippen LogP contribution in [0.4, 0.5) is 4.39 Å². The Morgan fingerprint density at radius 3 is 2.50 bits per heavy atom. The van der Waals surface area contributed by atoms with Gasteiger partial charge in [-0.3, -0.25) is 9.56 Å². The van der Waals surface area contributed by atoms with Crippen LogP contribution < -0.4 is 28.2 Å². The van der Waals surface area contributed by atoms with Crippen LogP contribution in [0.5, 0.6) is 0 Å². The molecular formula is C35H50ClFN8O. The van der Waals surface area contributed by atoms with Crippen LogP contribution in [0.1, 0.15) is 83.4 Å². The minimum Gasteiger partial charge on any atom is -0.386 e. The van der Waals surface area contributed by atoms with Crippen LogP contribution in [0, 0.1) is 5.82 Å². The molecule has 4 rings (SSSR count). The highest BCUT2D eigenvalue weighted by atomic mass is 35.5. The Hall–Kier alpha value is -3.57. The van der Waals surface area contributed by atoms with Crippen LogP contribution in [0.2, 0.25) is 5.02 Å². The number of nitrogens with two attached hydrogens (primary N) is 3. The van der Waals surface area contributed by atoms with Gasteiger partial charge in [0.15, 0.2) is 5.82 Å². The van der Waals surface area contributed by atoms with Gasteiger partial charge in [-0.2, -0.15) is 4.98 Å². The largest absolute Gasteiger partial charge is 0.386 e. The van der Waals surface area contributed by atoms with Gasteiger partial charge in [0.2, 0.25) is 0 Å². The highest BCUT2D eigenvalue weighted by molar-refractivity contribution is 6.31. The van der Waals surface area contributed by atoms with E-state index >= 15 is 4.39 Å². The molecule has 46 heavy (non-hydrogen) atoms. The molecule has 0 radical (unpaired) electrons. The molecule has 2 atom stereocenters. The third kappa shape index (κ3) is 10.5. The lowest BCUT2D eigenvalue weighted by molar-refractivity contribution is 0.490. The van der Waals surface area contributed by atoms with Gasteiger partial charge in [-0.1, -0.05) is 57.3 Å². The highest BCUT2D eigenvalue weighted by Gasteiger charge is 2.16. The average molecular weight is 653 g/mol. The summed E-state index contributed by atoms with van der Waals surface area (Å²) in [5.74, 6) is -0.0494. The third-order valence-corrected chi connectivity index (χ3v) is 7.69. The molecule has 2 heterocycles. The van der Waals surface area contributed by atoms with Crippen molar-refractivity contribution in [1.82, 2.24) is 19.9 Å². The molecule has 0 fully saturated rings. The van der Waals surface area contributed by atoms with Gasteiger partial charge in [0.25, 0.3) is 0 Å². The Kier molecular flexibility index (Phi) is 14.9. The number of aromatic nitrogens is 3. The molecule has 0 aliphatic heterocycles. The van der Waals surface area contributed by atoms with Gasteiger partial charge in [-0.15, -0.1) is 0 Å². The van der Waals surface area contributed by atoms with Crippen molar-refractivity contribution in [3.8, 4) is 16.9 Å². The first kappa shape index (κ1) is 36.9. The van der Waals surface area contributed by atoms with Crippen molar-refractivity contribution in [2.75, 3.05) is 19.6 Å². The number of benzene rings is 2. The molecule has 0 amide bonds. The van der Waals surface area contributed by atoms with Gasteiger partial charge >= 0.3 is 5.69 Å². The van der Waals surface area contributed by atoms with E-state index in [0.29, 0.717) is 40.4 Å². The van der Waals surface area contributed by atoms with Crippen molar-refractivity contribution < 1.29 is 4.39 Å². The van der Waals surface area contributed by atoms with Gasteiger partial charge in [0.1, 0.15) is 11.5 Å². The zero-order valence-corrected chi connectivity index (χ0v) is 28.3. The molecule has 0 aliphatic carbocycles. The highest BCUT2D eigenvalue weighted by Crippen LogP contribution is 2.31. The zero-order chi connectivity index (χ0) is 33.6. The van der Waals surface area contributed by atoms with Gasteiger partial charge < -0.3 is 27.5 Å². The van der Waals surface area contributed by atoms with E-state index in [1.54, 1.807) is 24.4 Å². The van der Waals surface area contributed by atoms with Crippen LogP contribution in [0.15, 0.2) is 58.4 Å². The zero-order valence-electron chi connectivity index (χ0n) is 27.6. The minimum absolute atomic E-state index is 0.0558. The molecule has 0 spiro atoms. The van der Waals surface area contributed by atoms with Gasteiger partial charge in [-0.05, 0) is 87.0 Å². The predicted molar refractivity (Wildman–Crippen MR) is 190 cm³/mol. The summed E-state index contributed by atoms with van der Waals surface area (Å²) < 4.78 is 16.6. The fourth-order valence-corrected chi connectivity index (χ4v) is 5.37. The minimum atomic E-state index is -0.516. The molecule has 2 unspecified atom stereocenters. The number of amidine groups is 1. The van der Waals surface area contributed by atoms with E-state index in [4.69, 9.17) is 28.8 Å². The van der Waals surface area contributed by atoms with Crippen LogP contribution in [-0.2, 0) is 6.42 Å². The maximum Gasteiger partial charge on any atom is 0.354 e. The Morgan fingerprint density at radius 1 is 1.13 bits per heavy atom. The average Bonchev–Trinajstić information content (AvgIpc) is 3.44. The van der Waals surface area contributed by atoms with Gasteiger partial charge in [0.05, 0.1) is 22.9 Å². The van der Waals surface area contributed by atoms with E-state index < -0.39 is 11.5 Å². The molecule has 8 N–H and O–H groups in total. The first-order valence-corrected chi connectivity index (χ1v) is 16.7. The van der Waals surface area contributed by atoms with Crippen LogP contribution in [-0.4, -0.2) is 46.0 Å². The van der Waals surface area contributed by atoms with Crippen molar-refractivity contribution in [2.45, 2.75) is 84.7 Å². The molecule has 11 heteroatoms. The number of nitrogens with zero attached hydrogens (tertiary/aromatic N) is 3. The fourth-order valence-electron chi connectivity index (χ4n) is 5.12. The SMILES string of the molecule is CCC.CCCC(NCCCN=C(N)CN)c1ccc(-n2cc3cc(-c4cc(CCCC(C)N)cc(Cl)c4F)[nH]c3nc2=O)cc1. The number of aliphatic imine (C=N–C) groups is 1. The molecule has 4 aromatic rings. The summed E-state index contributed by atoms with van der Waals surface area (Å²) in [6.07, 6.45) is 8.30. The fraction of sp³-hybridized carbons (Fsp3) is 0.457. The molecule has 2 aromatic carbocycles. The third-order valence-electron chi connectivity index (χ3n) is 7.41. The Morgan fingerprint density at radius 2 is 1.85 bits per heavy atom. The number of rotatable bonds is 15. The molecule has 250 valence electrons. The van der Waals surface area contributed by atoms with Crippen LogP contribution in [0.25, 0.3) is 28.0 Å². The number of hydrogen-bond acceptors (Lipinski definition) is 6. The topological polar surface area (TPSA) is 153 Å². The lowest BCUT2D eigenvalue weighted by Gasteiger charge is -2.19. The Labute approximate surface area is 276 Å². The number of aromatic amines is 1. The first-order valence-electron chi connectivity index (χ1n) is 16.3. The Bertz CT molecular complexity index is 1610. The molecule has 0 aliphatic rings. The molecule has 0 saturated heterocycles. The molecular weight excluding hydrogens is 603 g/mol. The van der Waals surface area contributed by atoms with E-state index in [1.807, 2.05) is 31.2 Å². The predicted octanol–water partition coefficient (Wildman–Crippen LogP) is 6.40. The van der Waals surface area contributed by atoms with Gasteiger partial charge in [-0.25, -0.2) is 9.18 Å².